The van der Waals surface area contributed by atoms with Gasteiger partial charge in [-0.05, 0) is 30.2 Å². The maximum absolute atomic E-state index is 13.9. The third-order valence-electron chi connectivity index (χ3n) is 3.51. The van der Waals surface area contributed by atoms with E-state index in [1.54, 1.807) is 0 Å². The molecule has 0 aliphatic rings. The number of nitrogens with two attached hydrogens (primary N) is 1. The highest BCUT2D eigenvalue weighted by molar-refractivity contribution is 7.89. The highest BCUT2D eigenvalue weighted by atomic mass is 32.2. The average Bonchev–Trinajstić information content (AvgIpc) is 2.54. The van der Waals surface area contributed by atoms with Gasteiger partial charge in [-0.25, -0.2) is 22.9 Å². The summed E-state index contributed by atoms with van der Waals surface area (Å²) >= 11 is 0. The number of hydrogen-bond donors (Lipinski definition) is 4. The second kappa shape index (κ2) is 7.72. The Hall–Kier alpha value is -2.30. The molecule has 0 fully saturated rings. The smallest absolute Gasteiger partial charge is 0.238 e. The Labute approximate surface area is 145 Å². The molecule has 136 valence electrons. The zero-order valence-corrected chi connectivity index (χ0v) is 14.6. The molecule has 0 radical (unpaired) electrons. The molecule has 0 aliphatic carbocycles. The molecule has 0 saturated heterocycles. The Kier molecular flexibility index (Phi) is 5.88. The third kappa shape index (κ3) is 5.08. The quantitative estimate of drug-likeness (QED) is 0.581. The summed E-state index contributed by atoms with van der Waals surface area (Å²) in [4.78, 5) is 7.86. The second-order valence-corrected chi connectivity index (χ2v) is 7.32. The number of sulfonamides is 1. The lowest BCUT2D eigenvalue weighted by Crippen LogP contribution is -2.30. The van der Waals surface area contributed by atoms with Crippen LogP contribution in [0.15, 0.2) is 35.4 Å². The van der Waals surface area contributed by atoms with E-state index in [0.29, 0.717) is 5.69 Å². The monoisotopic (exact) mass is 369 g/mol. The number of hydrogen-bond acceptors (Lipinski definition) is 7. The fraction of sp³-hybridized carbons (Fsp3) is 0.333. The predicted molar refractivity (Wildman–Crippen MR) is 92.4 cm³/mol. The Balaban J connectivity index is 2.19. The number of anilines is 3. The standard InChI is InChI=1S/C15H20FN5O3S/c1-9(2)13(8-22)20-14-12(16)7-18-15(21-14)19-10-3-5-11(6-4-10)25(17,23)24/h3-7,9,13,22H,8H2,1-2H3,(H2,17,23,24)(H2,18,19,20,21). The molecule has 1 aromatic carbocycles. The van der Waals surface area contributed by atoms with Crippen LogP contribution in [0.3, 0.4) is 0 Å². The van der Waals surface area contributed by atoms with E-state index in [1.165, 1.54) is 24.3 Å². The first-order valence-electron chi connectivity index (χ1n) is 7.50. The van der Waals surface area contributed by atoms with Crippen molar-refractivity contribution in [1.29, 1.82) is 0 Å². The van der Waals surface area contributed by atoms with Gasteiger partial charge in [-0.1, -0.05) is 13.8 Å². The van der Waals surface area contributed by atoms with Crippen molar-refractivity contribution in [2.24, 2.45) is 11.1 Å². The van der Waals surface area contributed by atoms with E-state index in [4.69, 9.17) is 5.14 Å². The summed E-state index contributed by atoms with van der Waals surface area (Å²) in [6, 6.07) is 5.29. The molecule has 10 heteroatoms. The van der Waals surface area contributed by atoms with Gasteiger partial charge < -0.3 is 15.7 Å². The van der Waals surface area contributed by atoms with Crippen LogP contribution in [0.2, 0.25) is 0 Å². The molecule has 2 aromatic rings. The third-order valence-corrected chi connectivity index (χ3v) is 4.44. The van der Waals surface area contributed by atoms with Gasteiger partial charge in [-0.2, -0.15) is 4.98 Å². The van der Waals surface area contributed by atoms with E-state index in [9.17, 15) is 17.9 Å². The van der Waals surface area contributed by atoms with Crippen molar-refractivity contribution >= 4 is 27.5 Å². The van der Waals surface area contributed by atoms with Crippen molar-refractivity contribution in [3.05, 3.63) is 36.3 Å². The van der Waals surface area contributed by atoms with Crippen LogP contribution >= 0.6 is 0 Å². The minimum absolute atomic E-state index is 0.0249. The molecule has 2 rings (SSSR count). The molecule has 0 spiro atoms. The number of nitrogens with zero attached hydrogens (tertiary/aromatic N) is 2. The predicted octanol–water partition coefficient (Wildman–Crippen LogP) is 1.44. The van der Waals surface area contributed by atoms with Crippen molar-refractivity contribution in [3.63, 3.8) is 0 Å². The maximum atomic E-state index is 13.9. The van der Waals surface area contributed by atoms with E-state index >= 15 is 0 Å². The Bertz CT molecular complexity index is 828. The first kappa shape index (κ1) is 19.0. The number of primary sulfonamides is 1. The highest BCUT2D eigenvalue weighted by Gasteiger charge is 2.16. The van der Waals surface area contributed by atoms with Crippen LogP contribution in [0.4, 0.5) is 21.8 Å². The topological polar surface area (TPSA) is 130 Å². The van der Waals surface area contributed by atoms with Crippen molar-refractivity contribution in [1.82, 2.24) is 9.97 Å². The van der Waals surface area contributed by atoms with Crippen LogP contribution in [-0.2, 0) is 10.0 Å². The van der Waals surface area contributed by atoms with E-state index in [0.717, 1.165) is 6.20 Å². The van der Waals surface area contributed by atoms with E-state index < -0.39 is 15.8 Å². The van der Waals surface area contributed by atoms with Crippen molar-refractivity contribution in [2.75, 3.05) is 17.2 Å². The molecular formula is C15H20FN5O3S. The van der Waals surface area contributed by atoms with Gasteiger partial charge in [0.1, 0.15) is 0 Å². The number of halogens is 1. The lowest BCUT2D eigenvalue weighted by Gasteiger charge is -2.21. The number of aliphatic hydroxyl groups excluding tert-OH is 1. The normalized spacial score (nSPS) is 12.9. The zero-order chi connectivity index (χ0) is 18.6. The number of nitrogens with one attached hydrogen (secondary N) is 2. The van der Waals surface area contributed by atoms with Gasteiger partial charge >= 0.3 is 0 Å². The molecular weight excluding hydrogens is 349 g/mol. The summed E-state index contributed by atoms with van der Waals surface area (Å²) in [5.41, 5.74) is 0.507. The van der Waals surface area contributed by atoms with Gasteiger partial charge in [0.15, 0.2) is 11.6 Å². The van der Waals surface area contributed by atoms with Crippen LogP contribution < -0.4 is 15.8 Å². The maximum Gasteiger partial charge on any atom is 0.238 e. The van der Waals surface area contributed by atoms with E-state index in [2.05, 4.69) is 20.6 Å². The number of benzene rings is 1. The van der Waals surface area contributed by atoms with Gasteiger partial charge in [0.25, 0.3) is 0 Å². The van der Waals surface area contributed by atoms with Crippen molar-refractivity contribution in [3.8, 4) is 0 Å². The lowest BCUT2D eigenvalue weighted by molar-refractivity contribution is 0.248. The van der Waals surface area contributed by atoms with Crippen LogP contribution in [0, 0.1) is 11.7 Å². The minimum Gasteiger partial charge on any atom is -0.394 e. The molecule has 0 bridgehead atoms. The zero-order valence-electron chi connectivity index (χ0n) is 13.8. The second-order valence-electron chi connectivity index (χ2n) is 5.76. The fourth-order valence-corrected chi connectivity index (χ4v) is 2.50. The molecule has 1 heterocycles. The summed E-state index contributed by atoms with van der Waals surface area (Å²) < 4.78 is 36.3. The van der Waals surface area contributed by atoms with Gasteiger partial charge in [0, 0.05) is 5.69 Å². The molecule has 0 saturated carbocycles. The number of aliphatic hydroxyl groups is 1. The summed E-state index contributed by atoms with van der Waals surface area (Å²) in [5.74, 6) is -0.491. The van der Waals surface area contributed by atoms with Gasteiger partial charge in [0.05, 0.1) is 23.7 Å². The minimum atomic E-state index is -3.77. The molecule has 1 unspecified atom stereocenters. The van der Waals surface area contributed by atoms with E-state index in [-0.39, 0.29) is 35.2 Å². The first-order valence-corrected chi connectivity index (χ1v) is 9.05. The molecule has 1 aromatic heterocycles. The summed E-state index contributed by atoms with van der Waals surface area (Å²) in [6.07, 6.45) is 1.01. The van der Waals surface area contributed by atoms with Crippen molar-refractivity contribution in [2.45, 2.75) is 24.8 Å². The molecule has 8 nitrogen and oxygen atoms in total. The van der Waals surface area contributed by atoms with Crippen LogP contribution in [-0.4, -0.2) is 36.1 Å². The SMILES string of the molecule is CC(C)C(CO)Nc1nc(Nc2ccc(S(N)(=O)=O)cc2)ncc1F. The average molecular weight is 369 g/mol. The molecule has 25 heavy (non-hydrogen) atoms. The molecule has 0 amide bonds. The largest absolute Gasteiger partial charge is 0.394 e. The van der Waals surface area contributed by atoms with Gasteiger partial charge in [0.2, 0.25) is 16.0 Å². The van der Waals surface area contributed by atoms with Gasteiger partial charge in [-0.3, -0.25) is 0 Å². The Morgan fingerprint density at radius 1 is 1.28 bits per heavy atom. The Morgan fingerprint density at radius 2 is 1.92 bits per heavy atom. The summed E-state index contributed by atoms with van der Waals surface area (Å²) in [5, 5.41) is 20.1. The van der Waals surface area contributed by atoms with Crippen molar-refractivity contribution < 1.29 is 17.9 Å². The number of aromatic nitrogens is 2. The Morgan fingerprint density at radius 3 is 2.44 bits per heavy atom. The molecule has 5 N–H and O–H groups in total. The van der Waals surface area contributed by atoms with Crippen LogP contribution in [0.5, 0.6) is 0 Å². The lowest BCUT2D eigenvalue weighted by atomic mass is 10.1. The van der Waals surface area contributed by atoms with Gasteiger partial charge in [-0.15, -0.1) is 0 Å². The molecule has 0 aliphatic heterocycles. The molecule has 1 atom stereocenters. The van der Waals surface area contributed by atoms with Crippen LogP contribution in [0.25, 0.3) is 0 Å². The summed E-state index contributed by atoms with van der Waals surface area (Å²) in [7, 11) is -3.77. The van der Waals surface area contributed by atoms with E-state index in [1.807, 2.05) is 13.8 Å². The summed E-state index contributed by atoms with van der Waals surface area (Å²) in [6.45, 7) is 3.61. The number of rotatable bonds is 7. The fourth-order valence-electron chi connectivity index (χ4n) is 1.98. The van der Waals surface area contributed by atoms with Crippen LogP contribution in [0.1, 0.15) is 13.8 Å². The highest BCUT2D eigenvalue weighted by Crippen LogP contribution is 2.19. The first-order chi connectivity index (χ1) is 11.7.